The minimum Gasteiger partial charge on any atom is -0.504 e. The molecular formula is C19H19NO4. The normalized spacial score (nSPS) is 11.2. The maximum atomic E-state index is 11.8. The smallest absolute Gasteiger partial charge is 0.163 e. The highest BCUT2D eigenvalue weighted by molar-refractivity contribution is 6.10. The second-order valence-corrected chi connectivity index (χ2v) is 5.25. The van der Waals surface area contributed by atoms with Crippen LogP contribution in [0.25, 0.3) is 12.2 Å². The van der Waals surface area contributed by atoms with Crippen LogP contribution in [0.15, 0.2) is 48.7 Å². The summed E-state index contributed by atoms with van der Waals surface area (Å²) in [6, 6.07) is 8.50. The van der Waals surface area contributed by atoms with E-state index in [-0.39, 0.29) is 23.7 Å². The van der Waals surface area contributed by atoms with Crippen LogP contribution in [0.2, 0.25) is 0 Å². The van der Waals surface area contributed by atoms with Crippen molar-refractivity contribution in [2.45, 2.75) is 6.42 Å². The van der Waals surface area contributed by atoms with Crippen molar-refractivity contribution in [2.75, 3.05) is 7.11 Å². The molecule has 124 valence electrons. The summed E-state index contributed by atoms with van der Waals surface area (Å²) in [5.74, 6) is -0.189. The summed E-state index contributed by atoms with van der Waals surface area (Å²) in [5.41, 5.74) is 1.59. The second kappa shape index (κ2) is 7.97. The van der Waals surface area contributed by atoms with Crippen LogP contribution in [0.4, 0.5) is 0 Å². The fourth-order valence-electron chi connectivity index (χ4n) is 2.10. The standard InChI is InChI=1S/C19H19NO4/c1-20-11-3-4-15(20)7-9-17(22)13-16(21)8-5-14-6-10-18(23)19(12-14)24-2/h3-12,23H,13H2,1-2H3/b8-5+,9-7+. The number of aromatic nitrogens is 1. The lowest BCUT2D eigenvalue weighted by atomic mass is 10.1. The van der Waals surface area contributed by atoms with Crippen molar-refractivity contribution in [3.63, 3.8) is 0 Å². The van der Waals surface area contributed by atoms with Gasteiger partial charge in [-0.3, -0.25) is 9.59 Å². The van der Waals surface area contributed by atoms with E-state index >= 15 is 0 Å². The van der Waals surface area contributed by atoms with Gasteiger partial charge < -0.3 is 14.4 Å². The van der Waals surface area contributed by atoms with E-state index in [0.29, 0.717) is 11.3 Å². The Morgan fingerprint density at radius 2 is 1.88 bits per heavy atom. The first-order chi connectivity index (χ1) is 11.5. The number of methoxy groups -OCH3 is 1. The molecule has 5 nitrogen and oxygen atoms in total. The fraction of sp³-hybridized carbons (Fsp3) is 0.158. The van der Waals surface area contributed by atoms with E-state index in [4.69, 9.17) is 4.74 Å². The van der Waals surface area contributed by atoms with E-state index in [1.165, 1.54) is 25.3 Å². The fourth-order valence-corrected chi connectivity index (χ4v) is 2.10. The number of nitrogens with zero attached hydrogens (tertiary/aromatic N) is 1. The summed E-state index contributed by atoms with van der Waals surface area (Å²) in [6.07, 6.45) is 7.71. The molecule has 0 aliphatic rings. The number of aromatic hydroxyl groups is 1. The first kappa shape index (κ1) is 17.3. The molecule has 0 bridgehead atoms. The van der Waals surface area contributed by atoms with Gasteiger partial charge in [-0.1, -0.05) is 12.1 Å². The Hall–Kier alpha value is -3.08. The van der Waals surface area contributed by atoms with E-state index < -0.39 is 0 Å². The van der Waals surface area contributed by atoms with Crippen molar-refractivity contribution in [2.24, 2.45) is 7.05 Å². The number of rotatable bonds is 7. The Labute approximate surface area is 140 Å². The molecule has 0 fully saturated rings. The number of phenols is 1. The van der Waals surface area contributed by atoms with Gasteiger partial charge in [-0.15, -0.1) is 0 Å². The van der Waals surface area contributed by atoms with Gasteiger partial charge in [0.1, 0.15) is 0 Å². The van der Waals surface area contributed by atoms with Crippen molar-refractivity contribution in [1.29, 1.82) is 0 Å². The van der Waals surface area contributed by atoms with Crippen LogP contribution < -0.4 is 4.74 Å². The Morgan fingerprint density at radius 1 is 1.17 bits per heavy atom. The van der Waals surface area contributed by atoms with Crippen LogP contribution in [0.5, 0.6) is 11.5 Å². The molecule has 0 aliphatic carbocycles. The molecule has 0 radical (unpaired) electrons. The highest BCUT2D eigenvalue weighted by Gasteiger charge is 2.05. The van der Waals surface area contributed by atoms with E-state index in [1.807, 2.05) is 29.9 Å². The summed E-state index contributed by atoms with van der Waals surface area (Å²) in [7, 11) is 3.33. The van der Waals surface area contributed by atoms with Gasteiger partial charge in [0.15, 0.2) is 23.1 Å². The molecule has 0 spiro atoms. The van der Waals surface area contributed by atoms with Crippen LogP contribution >= 0.6 is 0 Å². The van der Waals surface area contributed by atoms with Crippen LogP contribution in [0.3, 0.4) is 0 Å². The lowest BCUT2D eigenvalue weighted by Gasteiger charge is -2.03. The van der Waals surface area contributed by atoms with E-state index in [9.17, 15) is 14.7 Å². The predicted octanol–water partition coefficient (Wildman–Crippen LogP) is 2.99. The third-order valence-electron chi connectivity index (χ3n) is 3.44. The molecular weight excluding hydrogens is 306 g/mol. The number of carbonyl (C=O) groups excluding carboxylic acids is 2. The average Bonchev–Trinajstić information content (AvgIpc) is 2.97. The van der Waals surface area contributed by atoms with Crippen LogP contribution in [-0.2, 0) is 16.6 Å². The summed E-state index contributed by atoms with van der Waals surface area (Å²) in [5, 5.41) is 9.52. The predicted molar refractivity (Wildman–Crippen MR) is 92.8 cm³/mol. The number of phenolic OH excluding ortho intramolecular Hbond substituents is 1. The number of hydrogen-bond acceptors (Lipinski definition) is 4. The molecule has 0 aliphatic heterocycles. The topological polar surface area (TPSA) is 68.5 Å². The molecule has 0 unspecified atom stereocenters. The molecule has 1 N–H and O–H groups in total. The quantitative estimate of drug-likeness (QED) is 0.628. The van der Waals surface area contributed by atoms with E-state index in [0.717, 1.165) is 5.69 Å². The molecule has 1 heterocycles. The van der Waals surface area contributed by atoms with Crippen molar-refractivity contribution in [1.82, 2.24) is 4.57 Å². The van der Waals surface area contributed by atoms with Gasteiger partial charge in [-0.05, 0) is 48.1 Å². The number of benzene rings is 1. The number of ether oxygens (including phenoxy) is 1. The van der Waals surface area contributed by atoms with Gasteiger partial charge in [-0.25, -0.2) is 0 Å². The lowest BCUT2D eigenvalue weighted by molar-refractivity contribution is -0.121. The Morgan fingerprint density at radius 3 is 2.50 bits per heavy atom. The van der Waals surface area contributed by atoms with Gasteiger partial charge >= 0.3 is 0 Å². The molecule has 0 saturated carbocycles. The van der Waals surface area contributed by atoms with Crippen LogP contribution in [0, 0.1) is 0 Å². The minimum atomic E-state index is -0.288. The largest absolute Gasteiger partial charge is 0.504 e. The van der Waals surface area contributed by atoms with Gasteiger partial charge in [0.05, 0.1) is 13.5 Å². The first-order valence-corrected chi connectivity index (χ1v) is 7.40. The summed E-state index contributed by atoms with van der Waals surface area (Å²) < 4.78 is 6.88. The zero-order valence-electron chi connectivity index (χ0n) is 13.6. The number of aryl methyl sites for hydroxylation is 1. The number of carbonyl (C=O) groups is 2. The van der Waals surface area contributed by atoms with Gasteiger partial charge in [-0.2, -0.15) is 0 Å². The first-order valence-electron chi connectivity index (χ1n) is 7.40. The highest BCUT2D eigenvalue weighted by Crippen LogP contribution is 2.26. The second-order valence-electron chi connectivity index (χ2n) is 5.25. The van der Waals surface area contributed by atoms with Crippen molar-refractivity contribution < 1.29 is 19.4 Å². The minimum absolute atomic E-state index is 0.0296. The molecule has 24 heavy (non-hydrogen) atoms. The van der Waals surface area contributed by atoms with Crippen LogP contribution in [-0.4, -0.2) is 28.3 Å². The Bertz CT molecular complexity index is 799. The van der Waals surface area contributed by atoms with Crippen LogP contribution in [0.1, 0.15) is 17.7 Å². The van der Waals surface area contributed by atoms with Gasteiger partial charge in [0, 0.05) is 18.9 Å². The van der Waals surface area contributed by atoms with E-state index in [2.05, 4.69) is 0 Å². The van der Waals surface area contributed by atoms with Gasteiger partial charge in [0.25, 0.3) is 0 Å². The zero-order chi connectivity index (χ0) is 17.5. The summed E-state index contributed by atoms with van der Waals surface area (Å²) in [4.78, 5) is 23.7. The third kappa shape index (κ3) is 4.71. The van der Waals surface area contributed by atoms with Crippen molar-refractivity contribution in [3.05, 3.63) is 59.9 Å². The third-order valence-corrected chi connectivity index (χ3v) is 3.44. The molecule has 1 aromatic heterocycles. The summed E-state index contributed by atoms with van der Waals surface area (Å²) in [6.45, 7) is 0. The maximum absolute atomic E-state index is 11.8. The number of allylic oxidation sites excluding steroid dienone is 2. The maximum Gasteiger partial charge on any atom is 0.163 e. The monoisotopic (exact) mass is 325 g/mol. The molecule has 0 atom stereocenters. The number of ketones is 2. The summed E-state index contributed by atoms with van der Waals surface area (Å²) >= 11 is 0. The molecule has 0 saturated heterocycles. The molecule has 2 aromatic rings. The van der Waals surface area contributed by atoms with Gasteiger partial charge in [0.2, 0.25) is 0 Å². The molecule has 1 aromatic carbocycles. The number of hydrogen-bond donors (Lipinski definition) is 1. The lowest BCUT2D eigenvalue weighted by Crippen LogP contribution is -2.02. The average molecular weight is 325 g/mol. The molecule has 0 amide bonds. The highest BCUT2D eigenvalue weighted by atomic mass is 16.5. The Kier molecular flexibility index (Phi) is 5.73. The van der Waals surface area contributed by atoms with Crippen molar-refractivity contribution >= 4 is 23.7 Å². The van der Waals surface area contributed by atoms with Crippen molar-refractivity contribution in [3.8, 4) is 11.5 Å². The SMILES string of the molecule is COc1cc(/C=C/C(=O)CC(=O)/C=C/c2cccn2C)ccc1O. The molecule has 5 heteroatoms. The van der Waals surface area contributed by atoms with E-state index in [1.54, 1.807) is 24.3 Å². The zero-order valence-corrected chi connectivity index (χ0v) is 13.6. The molecule has 2 rings (SSSR count). The Balaban J connectivity index is 1.94.